The average molecular weight is 250 g/mol. The van der Waals surface area contributed by atoms with Gasteiger partial charge in [-0.1, -0.05) is 12.2 Å². The number of aromatic amines is 1. The Labute approximate surface area is 101 Å². The van der Waals surface area contributed by atoms with Crippen molar-refractivity contribution in [2.75, 3.05) is 0 Å². The summed E-state index contributed by atoms with van der Waals surface area (Å²) >= 11 is 4.89. The highest BCUT2D eigenvalue weighted by molar-refractivity contribution is 7.71. The monoisotopic (exact) mass is 250 g/mol. The Hall–Kier alpha value is -2.08. The van der Waals surface area contributed by atoms with Gasteiger partial charge < -0.3 is 10.1 Å². The summed E-state index contributed by atoms with van der Waals surface area (Å²) < 4.78 is 13.6. The van der Waals surface area contributed by atoms with Crippen molar-refractivity contribution in [1.29, 1.82) is 0 Å². The van der Waals surface area contributed by atoms with E-state index >= 15 is 0 Å². The molecule has 2 rings (SSSR count). The molecule has 0 fully saturated rings. The minimum Gasteiger partial charge on any atom is -0.478 e. The Morgan fingerprint density at radius 1 is 1.35 bits per heavy atom. The predicted octanol–water partition coefficient (Wildman–Crippen LogP) is 2.64. The SMILES string of the molecule is O=C(O)c1cc(F)cc(-c2cncc(=S)[nH]2)c1. The van der Waals surface area contributed by atoms with Crippen molar-refractivity contribution >= 4 is 18.2 Å². The molecule has 1 aromatic heterocycles. The van der Waals surface area contributed by atoms with Crippen LogP contribution in [0.4, 0.5) is 4.39 Å². The van der Waals surface area contributed by atoms with Gasteiger partial charge in [-0.2, -0.15) is 0 Å². The van der Waals surface area contributed by atoms with Crippen molar-refractivity contribution in [2.45, 2.75) is 0 Å². The lowest BCUT2D eigenvalue weighted by molar-refractivity contribution is 0.0696. The lowest BCUT2D eigenvalue weighted by Crippen LogP contribution is -1.98. The van der Waals surface area contributed by atoms with Crippen molar-refractivity contribution in [3.05, 3.63) is 46.6 Å². The van der Waals surface area contributed by atoms with Gasteiger partial charge in [0.05, 0.1) is 23.7 Å². The molecule has 0 bridgehead atoms. The van der Waals surface area contributed by atoms with Gasteiger partial charge in [0.2, 0.25) is 0 Å². The van der Waals surface area contributed by atoms with E-state index in [1.54, 1.807) is 0 Å². The first-order valence-corrected chi connectivity index (χ1v) is 5.05. The van der Waals surface area contributed by atoms with E-state index in [0.717, 1.165) is 6.07 Å². The molecule has 1 aromatic carbocycles. The molecule has 0 atom stereocenters. The third-order valence-corrected chi connectivity index (χ3v) is 2.32. The number of carbonyl (C=O) groups is 1. The second-order valence-electron chi connectivity index (χ2n) is 3.34. The number of hydrogen-bond donors (Lipinski definition) is 2. The summed E-state index contributed by atoms with van der Waals surface area (Å²) in [5.41, 5.74) is 0.740. The Balaban J connectivity index is 2.59. The minimum atomic E-state index is -1.19. The molecule has 86 valence electrons. The smallest absolute Gasteiger partial charge is 0.335 e. The molecule has 0 unspecified atom stereocenters. The van der Waals surface area contributed by atoms with Gasteiger partial charge in [0, 0.05) is 5.56 Å². The number of carboxylic acid groups (broad SMARTS) is 1. The molecule has 4 nitrogen and oxygen atoms in total. The van der Waals surface area contributed by atoms with Crippen molar-refractivity contribution in [1.82, 2.24) is 9.97 Å². The summed E-state index contributed by atoms with van der Waals surface area (Å²) in [5.74, 6) is -1.81. The summed E-state index contributed by atoms with van der Waals surface area (Å²) in [6.07, 6.45) is 2.90. The molecule has 0 aliphatic carbocycles. The number of nitrogens with one attached hydrogen (secondary N) is 1. The molecule has 0 saturated heterocycles. The first-order valence-electron chi connectivity index (χ1n) is 4.65. The zero-order chi connectivity index (χ0) is 12.4. The van der Waals surface area contributed by atoms with Crippen molar-refractivity contribution < 1.29 is 14.3 Å². The van der Waals surface area contributed by atoms with E-state index in [1.165, 1.54) is 24.5 Å². The van der Waals surface area contributed by atoms with Crippen LogP contribution in [0.2, 0.25) is 0 Å². The zero-order valence-corrected chi connectivity index (χ0v) is 9.29. The Kier molecular flexibility index (Phi) is 2.97. The second-order valence-corrected chi connectivity index (χ2v) is 3.78. The first-order chi connectivity index (χ1) is 8.06. The Morgan fingerprint density at radius 2 is 2.12 bits per heavy atom. The maximum absolute atomic E-state index is 13.3. The standard InChI is InChI=1S/C11H7FN2O2S/c12-8-2-6(1-7(3-8)11(15)16)9-4-13-5-10(17)14-9/h1-5H,(H,14,17)(H,15,16). The molecule has 0 radical (unpaired) electrons. The number of benzene rings is 1. The van der Waals surface area contributed by atoms with E-state index in [2.05, 4.69) is 9.97 Å². The van der Waals surface area contributed by atoms with Gasteiger partial charge in [-0.25, -0.2) is 9.18 Å². The zero-order valence-electron chi connectivity index (χ0n) is 8.48. The van der Waals surface area contributed by atoms with Gasteiger partial charge in [-0.05, 0) is 18.2 Å². The molecule has 17 heavy (non-hydrogen) atoms. The van der Waals surface area contributed by atoms with Crippen molar-refractivity contribution in [3.8, 4) is 11.3 Å². The van der Waals surface area contributed by atoms with Crippen LogP contribution in [-0.4, -0.2) is 21.0 Å². The highest BCUT2D eigenvalue weighted by Crippen LogP contribution is 2.19. The second kappa shape index (κ2) is 4.42. The topological polar surface area (TPSA) is 66.0 Å². The van der Waals surface area contributed by atoms with Crippen LogP contribution in [0.5, 0.6) is 0 Å². The normalized spacial score (nSPS) is 10.2. The summed E-state index contributed by atoms with van der Waals surface area (Å²) in [7, 11) is 0. The van der Waals surface area contributed by atoms with E-state index in [-0.39, 0.29) is 5.56 Å². The number of aromatic carboxylic acids is 1. The van der Waals surface area contributed by atoms with Gasteiger partial charge in [0.1, 0.15) is 10.5 Å². The van der Waals surface area contributed by atoms with Gasteiger partial charge in [-0.15, -0.1) is 0 Å². The fourth-order valence-electron chi connectivity index (χ4n) is 1.39. The summed E-state index contributed by atoms with van der Waals surface area (Å²) in [5, 5.41) is 8.82. The van der Waals surface area contributed by atoms with E-state index in [4.69, 9.17) is 17.3 Å². The maximum Gasteiger partial charge on any atom is 0.335 e. The van der Waals surface area contributed by atoms with Crippen LogP contribution in [0, 0.1) is 10.5 Å². The highest BCUT2D eigenvalue weighted by Gasteiger charge is 2.08. The molecular weight excluding hydrogens is 243 g/mol. The lowest BCUT2D eigenvalue weighted by atomic mass is 10.1. The molecule has 1 heterocycles. The molecule has 2 N–H and O–H groups in total. The molecule has 2 aromatic rings. The fourth-order valence-corrected chi connectivity index (χ4v) is 1.56. The lowest BCUT2D eigenvalue weighted by Gasteiger charge is -2.03. The van der Waals surface area contributed by atoms with E-state index in [0.29, 0.717) is 15.9 Å². The molecule has 0 amide bonds. The van der Waals surface area contributed by atoms with Crippen LogP contribution >= 0.6 is 12.2 Å². The van der Waals surface area contributed by atoms with Crippen molar-refractivity contribution in [2.24, 2.45) is 0 Å². The molecular formula is C11H7FN2O2S. The van der Waals surface area contributed by atoms with Crippen LogP contribution in [0.1, 0.15) is 10.4 Å². The summed E-state index contributed by atoms with van der Waals surface area (Å²) in [6.45, 7) is 0. The molecule has 0 saturated carbocycles. The Morgan fingerprint density at radius 3 is 2.76 bits per heavy atom. The first kappa shape index (κ1) is 11.4. The number of carboxylic acids is 1. The van der Waals surface area contributed by atoms with E-state index in [1.807, 2.05) is 0 Å². The number of H-pyrrole nitrogens is 1. The molecule has 6 heteroatoms. The van der Waals surface area contributed by atoms with Crippen LogP contribution < -0.4 is 0 Å². The van der Waals surface area contributed by atoms with Gasteiger partial charge >= 0.3 is 5.97 Å². The van der Waals surface area contributed by atoms with E-state index < -0.39 is 11.8 Å². The molecule has 0 aliphatic rings. The summed E-state index contributed by atoms with van der Waals surface area (Å²) in [6, 6.07) is 3.53. The molecule has 0 spiro atoms. The van der Waals surface area contributed by atoms with Gasteiger partial charge in [0.15, 0.2) is 0 Å². The summed E-state index contributed by atoms with van der Waals surface area (Å²) in [4.78, 5) is 17.5. The highest BCUT2D eigenvalue weighted by atomic mass is 32.1. The quantitative estimate of drug-likeness (QED) is 0.804. The van der Waals surface area contributed by atoms with Crippen LogP contribution in [0.3, 0.4) is 0 Å². The number of aromatic nitrogens is 2. The van der Waals surface area contributed by atoms with Crippen LogP contribution in [0.15, 0.2) is 30.6 Å². The number of rotatable bonds is 2. The number of hydrogen-bond acceptors (Lipinski definition) is 3. The van der Waals surface area contributed by atoms with Crippen molar-refractivity contribution in [3.63, 3.8) is 0 Å². The average Bonchev–Trinajstić information content (AvgIpc) is 2.28. The largest absolute Gasteiger partial charge is 0.478 e. The third kappa shape index (κ3) is 2.54. The number of nitrogens with zero attached hydrogens (tertiary/aromatic N) is 1. The van der Waals surface area contributed by atoms with E-state index in [9.17, 15) is 9.18 Å². The van der Waals surface area contributed by atoms with Gasteiger partial charge in [-0.3, -0.25) is 4.98 Å². The van der Waals surface area contributed by atoms with Crippen LogP contribution in [-0.2, 0) is 0 Å². The van der Waals surface area contributed by atoms with Crippen LogP contribution in [0.25, 0.3) is 11.3 Å². The third-order valence-electron chi connectivity index (χ3n) is 2.11. The fraction of sp³-hybridized carbons (Fsp3) is 0. The van der Waals surface area contributed by atoms with Gasteiger partial charge in [0.25, 0.3) is 0 Å². The number of halogens is 1. The molecule has 0 aliphatic heterocycles. The Bertz CT molecular complexity index is 639. The maximum atomic E-state index is 13.3. The minimum absolute atomic E-state index is 0.122. The predicted molar refractivity (Wildman–Crippen MR) is 61.8 cm³/mol.